The molecule has 0 aliphatic heterocycles. The molecule has 0 heterocycles. The van der Waals surface area contributed by atoms with Crippen LogP contribution in [0.25, 0.3) is 16.7 Å². The molecule has 3 atom stereocenters. The SMILES string of the molecule is C=C(C(=O)OC)c1ccc(OC(CCCCCCCCC)OCCC(OC(CCCCCCCCC)Oc2ccc(C(=C)C(=O)OC)cc2)OC(CCCCCCCCC)Oc2ccc(C(=C)C(=O)OC)cc2)cc1. The summed E-state index contributed by atoms with van der Waals surface area (Å²) < 4.78 is 55.0. The molecule has 0 saturated carbocycles. The number of unbranched alkanes of at least 4 members (excludes halogenated alkanes) is 18. The van der Waals surface area contributed by atoms with Crippen molar-refractivity contribution in [2.24, 2.45) is 0 Å². The standard InChI is InChI=1S/C63H92O12/c1-10-13-16-19-22-25-28-31-57(71-54-40-34-51(35-41-54)48(4)61(64)67-7)70-47-46-60(74-58(32-29-26-23-20-17-14-11-2)72-55-42-36-52(37-43-55)49(5)62(65)68-8)75-59(33-30-27-24-21-18-15-12-3)73-56-44-38-53(39-45-56)50(6)63(66)69-9/h34-45,57-60H,4-6,10-33,46-47H2,1-3,7-9H3. The molecule has 0 aliphatic rings. The maximum Gasteiger partial charge on any atom is 0.337 e. The second-order valence-corrected chi connectivity index (χ2v) is 19.2. The molecule has 3 aromatic carbocycles. The molecule has 0 fully saturated rings. The van der Waals surface area contributed by atoms with Crippen LogP contribution in [0, 0.1) is 0 Å². The Bertz CT molecular complexity index is 1960. The molecular formula is C63H92O12. The lowest BCUT2D eigenvalue weighted by atomic mass is 10.1. The van der Waals surface area contributed by atoms with Gasteiger partial charge in [0.2, 0.25) is 12.6 Å². The maximum absolute atomic E-state index is 12.3. The summed E-state index contributed by atoms with van der Waals surface area (Å²) in [5, 5.41) is 0. The van der Waals surface area contributed by atoms with E-state index in [-0.39, 0.29) is 23.3 Å². The Balaban J connectivity index is 1.97. The van der Waals surface area contributed by atoms with Gasteiger partial charge in [0, 0.05) is 25.7 Å². The van der Waals surface area contributed by atoms with Crippen LogP contribution in [0.15, 0.2) is 92.5 Å². The molecule has 3 rings (SSSR count). The summed E-state index contributed by atoms with van der Waals surface area (Å²) in [6, 6.07) is 21.6. The second-order valence-electron chi connectivity index (χ2n) is 19.2. The minimum atomic E-state index is -0.839. The molecule has 0 aliphatic carbocycles. The van der Waals surface area contributed by atoms with Crippen LogP contribution in [0.3, 0.4) is 0 Å². The van der Waals surface area contributed by atoms with Crippen molar-refractivity contribution in [3.8, 4) is 17.2 Å². The third kappa shape index (κ3) is 26.3. The van der Waals surface area contributed by atoms with Gasteiger partial charge in [-0.2, -0.15) is 0 Å². The van der Waals surface area contributed by atoms with E-state index in [0.29, 0.717) is 59.6 Å². The van der Waals surface area contributed by atoms with Gasteiger partial charge in [0.05, 0.1) is 44.7 Å². The maximum atomic E-state index is 12.3. The van der Waals surface area contributed by atoms with E-state index in [2.05, 4.69) is 40.5 Å². The van der Waals surface area contributed by atoms with E-state index in [1.165, 1.54) is 98.4 Å². The monoisotopic (exact) mass is 1040 g/mol. The summed E-state index contributed by atoms with van der Waals surface area (Å²) in [4.78, 5) is 36.8. The number of ether oxygens (including phenoxy) is 9. The lowest BCUT2D eigenvalue weighted by Gasteiger charge is -2.30. The summed E-state index contributed by atoms with van der Waals surface area (Å²) in [6.07, 6.45) is 23.0. The van der Waals surface area contributed by atoms with E-state index in [9.17, 15) is 14.4 Å². The van der Waals surface area contributed by atoms with Crippen molar-refractivity contribution in [2.45, 2.75) is 206 Å². The van der Waals surface area contributed by atoms with Crippen LogP contribution < -0.4 is 14.2 Å². The van der Waals surface area contributed by atoms with Gasteiger partial charge >= 0.3 is 17.9 Å². The number of hydrogen-bond acceptors (Lipinski definition) is 12. The smallest absolute Gasteiger partial charge is 0.337 e. The van der Waals surface area contributed by atoms with Crippen molar-refractivity contribution in [1.82, 2.24) is 0 Å². The predicted molar refractivity (Wildman–Crippen MR) is 300 cm³/mol. The first-order valence-corrected chi connectivity index (χ1v) is 28.0. The molecule has 0 radical (unpaired) electrons. The molecule has 12 heteroatoms. The van der Waals surface area contributed by atoms with E-state index in [1.54, 1.807) is 60.7 Å². The van der Waals surface area contributed by atoms with Crippen molar-refractivity contribution in [1.29, 1.82) is 0 Å². The van der Waals surface area contributed by atoms with Gasteiger partial charge in [-0.05, 0) is 72.4 Å². The average Bonchev–Trinajstić information content (AvgIpc) is 3.43. The fourth-order valence-electron chi connectivity index (χ4n) is 8.48. The zero-order chi connectivity index (χ0) is 54.5. The molecule has 0 bridgehead atoms. The molecule has 416 valence electrons. The van der Waals surface area contributed by atoms with Gasteiger partial charge in [0.1, 0.15) is 17.2 Å². The third-order valence-corrected chi connectivity index (χ3v) is 13.1. The Morgan fingerprint density at radius 2 is 0.627 bits per heavy atom. The third-order valence-electron chi connectivity index (χ3n) is 13.1. The Morgan fingerprint density at radius 1 is 0.360 bits per heavy atom. The summed E-state index contributed by atoms with van der Waals surface area (Å²) >= 11 is 0. The minimum Gasteiger partial charge on any atom is -0.465 e. The van der Waals surface area contributed by atoms with Gasteiger partial charge in [0.25, 0.3) is 0 Å². The molecule has 0 spiro atoms. The number of esters is 3. The van der Waals surface area contributed by atoms with Crippen LogP contribution in [0.4, 0.5) is 0 Å². The Hall–Kier alpha value is -5.43. The summed E-state index contributed by atoms with van der Waals surface area (Å²) in [6.45, 7) is 18.6. The van der Waals surface area contributed by atoms with Crippen molar-refractivity contribution >= 4 is 34.6 Å². The fourth-order valence-corrected chi connectivity index (χ4v) is 8.48. The Morgan fingerprint density at radius 3 is 0.920 bits per heavy atom. The predicted octanol–water partition coefficient (Wildman–Crippen LogP) is 15.9. The quantitative estimate of drug-likeness (QED) is 0.0175. The van der Waals surface area contributed by atoms with Crippen LogP contribution in [0.1, 0.15) is 198 Å². The highest BCUT2D eigenvalue weighted by atomic mass is 16.8. The van der Waals surface area contributed by atoms with Crippen LogP contribution in [0.2, 0.25) is 0 Å². The van der Waals surface area contributed by atoms with E-state index >= 15 is 0 Å². The van der Waals surface area contributed by atoms with Gasteiger partial charge in [0.15, 0.2) is 12.6 Å². The number of carbonyl (C=O) groups excluding carboxylic acids is 3. The molecule has 3 aromatic rings. The van der Waals surface area contributed by atoms with Crippen LogP contribution in [0.5, 0.6) is 17.2 Å². The molecular weight excluding hydrogens is 949 g/mol. The highest BCUT2D eigenvalue weighted by Crippen LogP contribution is 2.28. The molecule has 0 saturated heterocycles. The van der Waals surface area contributed by atoms with Crippen molar-refractivity contribution in [3.05, 3.63) is 109 Å². The van der Waals surface area contributed by atoms with Gasteiger partial charge in [-0.1, -0.05) is 192 Å². The molecule has 0 aromatic heterocycles. The molecule has 0 N–H and O–H groups in total. The number of benzene rings is 3. The van der Waals surface area contributed by atoms with Crippen LogP contribution >= 0.6 is 0 Å². The van der Waals surface area contributed by atoms with Crippen molar-refractivity contribution in [2.75, 3.05) is 27.9 Å². The summed E-state index contributed by atoms with van der Waals surface area (Å²) in [5.74, 6) is 0.226. The second kappa shape index (κ2) is 39.0. The first-order valence-electron chi connectivity index (χ1n) is 28.0. The van der Waals surface area contributed by atoms with Gasteiger partial charge in [-0.3, -0.25) is 0 Å². The van der Waals surface area contributed by atoms with Crippen molar-refractivity contribution < 1.29 is 57.0 Å². The number of carbonyl (C=O) groups is 3. The Kier molecular flexibility index (Phi) is 33.2. The number of rotatable bonds is 44. The first-order chi connectivity index (χ1) is 36.5. The largest absolute Gasteiger partial charge is 0.465 e. The lowest BCUT2D eigenvalue weighted by molar-refractivity contribution is -0.272. The van der Waals surface area contributed by atoms with E-state index < -0.39 is 43.1 Å². The highest BCUT2D eigenvalue weighted by Gasteiger charge is 2.26. The van der Waals surface area contributed by atoms with E-state index in [0.717, 1.165) is 57.8 Å². The van der Waals surface area contributed by atoms with Crippen LogP contribution in [-0.4, -0.2) is 71.0 Å². The number of methoxy groups -OCH3 is 3. The normalized spacial score (nSPS) is 12.7. The summed E-state index contributed by atoms with van der Waals surface area (Å²) in [7, 11) is 4.00. The molecule has 0 amide bonds. The van der Waals surface area contributed by atoms with Gasteiger partial charge < -0.3 is 42.6 Å². The average molecular weight is 1040 g/mol. The zero-order valence-electron chi connectivity index (χ0n) is 46.6. The van der Waals surface area contributed by atoms with E-state index in [4.69, 9.17) is 42.6 Å². The molecule has 12 nitrogen and oxygen atoms in total. The zero-order valence-corrected chi connectivity index (χ0v) is 46.6. The van der Waals surface area contributed by atoms with Gasteiger partial charge in [-0.25, -0.2) is 14.4 Å². The van der Waals surface area contributed by atoms with Gasteiger partial charge in [-0.15, -0.1) is 0 Å². The van der Waals surface area contributed by atoms with Crippen LogP contribution in [-0.2, 0) is 42.8 Å². The van der Waals surface area contributed by atoms with E-state index in [1.807, 2.05) is 12.1 Å². The molecule has 3 unspecified atom stereocenters. The fraction of sp³-hybridized carbons (Fsp3) is 0.571. The molecule has 75 heavy (non-hydrogen) atoms. The topological polar surface area (TPSA) is 134 Å². The number of hydrogen-bond donors (Lipinski definition) is 0. The first kappa shape index (κ1) is 63.9. The Labute approximate surface area is 450 Å². The van der Waals surface area contributed by atoms with Crippen molar-refractivity contribution in [3.63, 3.8) is 0 Å². The summed E-state index contributed by atoms with van der Waals surface area (Å²) in [5.41, 5.74) is 2.65. The minimum absolute atomic E-state index is 0.228. The highest BCUT2D eigenvalue weighted by molar-refractivity contribution is 6.16. The lowest BCUT2D eigenvalue weighted by Crippen LogP contribution is -2.35.